The third-order valence-electron chi connectivity index (χ3n) is 3.52. The van der Waals surface area contributed by atoms with Crippen LogP contribution < -0.4 is 10.1 Å². The molecule has 0 fully saturated rings. The number of nitrogens with one attached hydrogen (secondary N) is 1. The number of benzene rings is 2. The van der Waals surface area contributed by atoms with Crippen LogP contribution in [0.4, 0.5) is 0 Å². The topological polar surface area (TPSA) is 21.3 Å². The van der Waals surface area contributed by atoms with Crippen molar-refractivity contribution in [3.8, 4) is 5.75 Å². The lowest BCUT2D eigenvalue weighted by atomic mass is 10.1. The molecule has 3 heteroatoms. The molecule has 1 atom stereocenters. The van der Waals surface area contributed by atoms with Gasteiger partial charge in [0.05, 0.1) is 0 Å². The molecule has 2 aromatic rings. The molecule has 21 heavy (non-hydrogen) atoms. The Kier molecular flexibility index (Phi) is 6.58. The van der Waals surface area contributed by atoms with Gasteiger partial charge < -0.3 is 10.1 Å². The van der Waals surface area contributed by atoms with Crippen molar-refractivity contribution in [2.45, 2.75) is 25.3 Å². The molecule has 0 radical (unpaired) electrons. The first kappa shape index (κ1) is 15.9. The standard InChI is InChI=1S/C18H22ClNO/c1-20-17(11-5-9-15-7-3-2-4-8-15)14-21-18-12-6-10-16(19)13-18/h2-4,6-8,10,12-13,17,20H,5,9,11,14H2,1H3. The van der Waals surface area contributed by atoms with Gasteiger partial charge in [-0.1, -0.05) is 48.0 Å². The van der Waals surface area contributed by atoms with Crippen LogP contribution in [0.2, 0.25) is 5.02 Å². The Hall–Kier alpha value is -1.51. The number of aryl methyl sites for hydroxylation is 1. The smallest absolute Gasteiger partial charge is 0.120 e. The lowest BCUT2D eigenvalue weighted by molar-refractivity contribution is 0.261. The molecule has 0 saturated carbocycles. The monoisotopic (exact) mass is 303 g/mol. The summed E-state index contributed by atoms with van der Waals surface area (Å²) in [6, 6.07) is 18.5. The fourth-order valence-electron chi connectivity index (χ4n) is 2.26. The van der Waals surface area contributed by atoms with Crippen molar-refractivity contribution in [3.05, 3.63) is 65.2 Å². The lowest BCUT2D eigenvalue weighted by Gasteiger charge is -2.17. The summed E-state index contributed by atoms with van der Waals surface area (Å²) in [6.45, 7) is 0.658. The van der Waals surface area contributed by atoms with E-state index in [-0.39, 0.29) is 0 Å². The van der Waals surface area contributed by atoms with Crippen LogP contribution in [0.25, 0.3) is 0 Å². The minimum atomic E-state index is 0.354. The Morgan fingerprint density at radius 1 is 1.10 bits per heavy atom. The van der Waals surface area contributed by atoms with Gasteiger partial charge >= 0.3 is 0 Å². The van der Waals surface area contributed by atoms with Crippen molar-refractivity contribution in [3.63, 3.8) is 0 Å². The fourth-order valence-corrected chi connectivity index (χ4v) is 2.44. The second kappa shape index (κ2) is 8.71. The number of halogens is 1. The minimum Gasteiger partial charge on any atom is -0.492 e. The average Bonchev–Trinajstić information content (AvgIpc) is 2.52. The van der Waals surface area contributed by atoms with Crippen molar-refractivity contribution < 1.29 is 4.74 Å². The van der Waals surface area contributed by atoms with Gasteiger partial charge in [0, 0.05) is 11.1 Å². The van der Waals surface area contributed by atoms with Crippen LogP contribution in [0.5, 0.6) is 5.75 Å². The Bertz CT molecular complexity index is 530. The predicted molar refractivity (Wildman–Crippen MR) is 89.2 cm³/mol. The Labute approximate surface area is 132 Å². The third-order valence-corrected chi connectivity index (χ3v) is 3.75. The number of ether oxygens (including phenoxy) is 1. The molecule has 0 amide bonds. The highest BCUT2D eigenvalue weighted by Crippen LogP contribution is 2.17. The first-order valence-electron chi connectivity index (χ1n) is 7.37. The maximum Gasteiger partial charge on any atom is 0.120 e. The SMILES string of the molecule is CNC(CCCc1ccccc1)COc1cccc(Cl)c1. The summed E-state index contributed by atoms with van der Waals surface area (Å²) >= 11 is 5.95. The van der Waals surface area contributed by atoms with E-state index in [1.807, 2.05) is 31.3 Å². The van der Waals surface area contributed by atoms with Gasteiger partial charge in [0.1, 0.15) is 12.4 Å². The molecule has 112 valence electrons. The van der Waals surface area contributed by atoms with Crippen LogP contribution in [0.15, 0.2) is 54.6 Å². The van der Waals surface area contributed by atoms with Crippen LogP contribution in [-0.4, -0.2) is 19.7 Å². The van der Waals surface area contributed by atoms with Gasteiger partial charge in [-0.25, -0.2) is 0 Å². The van der Waals surface area contributed by atoms with E-state index >= 15 is 0 Å². The van der Waals surface area contributed by atoms with Crippen molar-refractivity contribution in [2.75, 3.05) is 13.7 Å². The molecule has 0 aliphatic heterocycles. The van der Waals surface area contributed by atoms with Gasteiger partial charge in [0.15, 0.2) is 0 Å². The van der Waals surface area contributed by atoms with E-state index in [4.69, 9.17) is 16.3 Å². The van der Waals surface area contributed by atoms with Gasteiger partial charge in [-0.15, -0.1) is 0 Å². The van der Waals surface area contributed by atoms with Gasteiger partial charge in [0.2, 0.25) is 0 Å². The van der Waals surface area contributed by atoms with Crippen molar-refractivity contribution in [1.82, 2.24) is 5.32 Å². The third kappa shape index (κ3) is 5.78. The Morgan fingerprint density at radius 3 is 2.62 bits per heavy atom. The van der Waals surface area contributed by atoms with E-state index in [0.29, 0.717) is 17.7 Å². The molecule has 0 spiro atoms. The quantitative estimate of drug-likeness (QED) is 0.784. The van der Waals surface area contributed by atoms with Crippen LogP contribution >= 0.6 is 11.6 Å². The molecule has 1 N–H and O–H groups in total. The molecule has 2 nitrogen and oxygen atoms in total. The van der Waals surface area contributed by atoms with Gasteiger partial charge in [-0.05, 0) is 50.1 Å². The lowest BCUT2D eigenvalue weighted by Crippen LogP contribution is -2.31. The predicted octanol–water partition coefficient (Wildman–Crippen LogP) is 4.33. The van der Waals surface area contributed by atoms with Gasteiger partial charge in [-0.2, -0.15) is 0 Å². The first-order chi connectivity index (χ1) is 10.3. The van der Waals surface area contributed by atoms with E-state index in [1.165, 1.54) is 5.56 Å². The van der Waals surface area contributed by atoms with Crippen molar-refractivity contribution in [1.29, 1.82) is 0 Å². The molecule has 0 aromatic heterocycles. The normalized spacial score (nSPS) is 12.1. The highest BCUT2D eigenvalue weighted by Gasteiger charge is 2.07. The summed E-state index contributed by atoms with van der Waals surface area (Å²) in [4.78, 5) is 0. The fraction of sp³-hybridized carbons (Fsp3) is 0.333. The Balaban J connectivity index is 1.73. The number of likely N-dealkylation sites (N-methyl/N-ethyl adjacent to an activating group) is 1. The van der Waals surface area contributed by atoms with Crippen molar-refractivity contribution in [2.24, 2.45) is 0 Å². The highest BCUT2D eigenvalue weighted by molar-refractivity contribution is 6.30. The molecular formula is C18H22ClNO. The van der Waals surface area contributed by atoms with E-state index < -0.39 is 0 Å². The molecule has 0 aliphatic carbocycles. The second-order valence-corrected chi connectivity index (χ2v) is 5.57. The molecule has 1 unspecified atom stereocenters. The van der Waals surface area contributed by atoms with Crippen LogP contribution in [0.3, 0.4) is 0 Å². The van der Waals surface area contributed by atoms with Crippen LogP contribution in [0, 0.1) is 0 Å². The maximum atomic E-state index is 5.95. The zero-order chi connectivity index (χ0) is 14.9. The summed E-state index contributed by atoms with van der Waals surface area (Å²) in [5, 5.41) is 4.02. The maximum absolute atomic E-state index is 5.95. The molecule has 0 bridgehead atoms. The van der Waals surface area contributed by atoms with E-state index in [1.54, 1.807) is 0 Å². The molecule has 0 aliphatic rings. The molecule has 0 saturated heterocycles. The highest BCUT2D eigenvalue weighted by atomic mass is 35.5. The van der Waals surface area contributed by atoms with E-state index in [2.05, 4.69) is 35.6 Å². The summed E-state index contributed by atoms with van der Waals surface area (Å²) in [5.41, 5.74) is 1.39. The largest absolute Gasteiger partial charge is 0.492 e. The van der Waals surface area contributed by atoms with Gasteiger partial charge in [0.25, 0.3) is 0 Å². The van der Waals surface area contributed by atoms with Crippen LogP contribution in [-0.2, 0) is 6.42 Å². The van der Waals surface area contributed by atoms with Crippen LogP contribution in [0.1, 0.15) is 18.4 Å². The summed E-state index contributed by atoms with van der Waals surface area (Å²) in [6.07, 6.45) is 3.34. The number of hydrogen-bond acceptors (Lipinski definition) is 2. The van der Waals surface area contributed by atoms with E-state index in [0.717, 1.165) is 25.0 Å². The number of rotatable bonds is 8. The molecular weight excluding hydrogens is 282 g/mol. The zero-order valence-corrected chi connectivity index (χ0v) is 13.1. The molecule has 2 aromatic carbocycles. The average molecular weight is 304 g/mol. The summed E-state index contributed by atoms with van der Waals surface area (Å²) in [7, 11) is 1.98. The summed E-state index contributed by atoms with van der Waals surface area (Å²) < 4.78 is 5.80. The molecule has 2 rings (SSSR count). The summed E-state index contributed by atoms with van der Waals surface area (Å²) in [5.74, 6) is 0.825. The minimum absolute atomic E-state index is 0.354. The zero-order valence-electron chi connectivity index (χ0n) is 12.4. The molecule has 0 heterocycles. The first-order valence-corrected chi connectivity index (χ1v) is 7.75. The second-order valence-electron chi connectivity index (χ2n) is 5.13. The van der Waals surface area contributed by atoms with Crippen molar-refractivity contribution >= 4 is 11.6 Å². The Morgan fingerprint density at radius 2 is 1.90 bits per heavy atom. The number of hydrogen-bond donors (Lipinski definition) is 1. The van der Waals surface area contributed by atoms with Gasteiger partial charge in [-0.3, -0.25) is 0 Å². The van der Waals surface area contributed by atoms with E-state index in [9.17, 15) is 0 Å².